The van der Waals surface area contributed by atoms with Gasteiger partial charge in [-0.3, -0.25) is 10.1 Å². The van der Waals surface area contributed by atoms with Gasteiger partial charge in [0.25, 0.3) is 5.69 Å². The van der Waals surface area contributed by atoms with E-state index in [1.165, 1.54) is 0 Å². The molecule has 0 aromatic heterocycles. The van der Waals surface area contributed by atoms with Gasteiger partial charge in [-0.2, -0.15) is 11.8 Å². The molecule has 0 heterocycles. The Hall–Kier alpha value is -0.590. The minimum absolute atomic E-state index is 0.117. The van der Waals surface area contributed by atoms with Gasteiger partial charge in [-0.1, -0.05) is 19.9 Å². The van der Waals surface area contributed by atoms with Crippen molar-refractivity contribution in [2.45, 2.75) is 38.0 Å². The average Bonchev–Trinajstić information content (AvgIpc) is 2.45. The summed E-state index contributed by atoms with van der Waals surface area (Å²) in [6.07, 6.45) is 4.36. The van der Waals surface area contributed by atoms with Crippen LogP contribution in [0.25, 0.3) is 0 Å². The van der Waals surface area contributed by atoms with Crippen LogP contribution < -0.4 is 5.32 Å². The van der Waals surface area contributed by atoms with Crippen LogP contribution in [0.15, 0.2) is 22.7 Å². The molecule has 6 heteroatoms. The van der Waals surface area contributed by atoms with Gasteiger partial charge in [0, 0.05) is 23.9 Å². The molecule has 0 saturated heterocycles. The van der Waals surface area contributed by atoms with E-state index in [-0.39, 0.29) is 15.4 Å². The van der Waals surface area contributed by atoms with E-state index in [0.29, 0.717) is 11.0 Å². The lowest BCUT2D eigenvalue weighted by atomic mass is 10.0. The number of nitrogens with zero attached hydrogens (tertiary/aromatic N) is 1. The number of hydrogen-bond acceptors (Lipinski definition) is 4. The molecule has 0 aliphatic rings. The van der Waals surface area contributed by atoms with E-state index in [1.807, 2.05) is 17.8 Å². The molecule has 0 spiro atoms. The minimum Gasteiger partial charge on any atom is -0.311 e. The molecule has 0 unspecified atom stereocenters. The third kappa shape index (κ3) is 4.46. The zero-order valence-corrected chi connectivity index (χ0v) is 14.5. The number of nitrogens with one attached hydrogen (secondary N) is 1. The molecule has 1 aromatic carbocycles. The molecule has 20 heavy (non-hydrogen) atoms. The number of halogens is 1. The highest BCUT2D eigenvalue weighted by molar-refractivity contribution is 9.10. The molecule has 0 bridgehead atoms. The van der Waals surface area contributed by atoms with Crippen molar-refractivity contribution in [1.29, 1.82) is 0 Å². The van der Waals surface area contributed by atoms with Crippen LogP contribution >= 0.6 is 27.7 Å². The smallest absolute Gasteiger partial charge is 0.283 e. The summed E-state index contributed by atoms with van der Waals surface area (Å²) in [5.41, 5.74) is 1.05. The van der Waals surface area contributed by atoms with E-state index in [1.54, 1.807) is 12.1 Å². The zero-order valence-electron chi connectivity index (χ0n) is 12.1. The third-order valence-corrected chi connectivity index (χ3v) is 5.96. The molecule has 0 aliphatic carbocycles. The maximum absolute atomic E-state index is 10.9. The number of rotatable bonds is 8. The largest absolute Gasteiger partial charge is 0.311 e. The van der Waals surface area contributed by atoms with Crippen molar-refractivity contribution < 1.29 is 4.92 Å². The Morgan fingerprint density at radius 3 is 2.55 bits per heavy atom. The maximum atomic E-state index is 10.9. The van der Waals surface area contributed by atoms with Gasteiger partial charge >= 0.3 is 0 Å². The van der Waals surface area contributed by atoms with Crippen LogP contribution in [0.4, 0.5) is 5.69 Å². The monoisotopic (exact) mass is 360 g/mol. The fourth-order valence-corrected chi connectivity index (χ4v) is 3.32. The lowest BCUT2D eigenvalue weighted by Crippen LogP contribution is -2.36. The van der Waals surface area contributed by atoms with Gasteiger partial charge in [-0.05, 0) is 46.7 Å². The predicted molar refractivity (Wildman–Crippen MR) is 89.3 cm³/mol. The number of nitro benzene ring substituents is 1. The van der Waals surface area contributed by atoms with Gasteiger partial charge in [0.15, 0.2) is 0 Å². The summed E-state index contributed by atoms with van der Waals surface area (Å²) in [7, 11) is 0. The van der Waals surface area contributed by atoms with Crippen molar-refractivity contribution in [3.63, 3.8) is 0 Å². The number of hydrogen-bond donors (Lipinski definition) is 1. The summed E-state index contributed by atoms with van der Waals surface area (Å²) in [5.74, 6) is 0. The van der Waals surface area contributed by atoms with Crippen LogP contribution in [0.5, 0.6) is 0 Å². The Morgan fingerprint density at radius 1 is 1.40 bits per heavy atom. The molecule has 0 atom stereocenters. The van der Waals surface area contributed by atoms with Gasteiger partial charge in [0.1, 0.15) is 0 Å². The number of nitro groups is 1. The molecule has 0 saturated carbocycles. The fraction of sp³-hybridized carbons (Fsp3) is 0.571. The van der Waals surface area contributed by atoms with Crippen molar-refractivity contribution in [2.75, 3.05) is 12.8 Å². The SMILES string of the molecule is CCC(CC)(CNCc1ccc(Br)c([N+](=O)[O-])c1)SC. The zero-order chi connectivity index (χ0) is 15.2. The molecule has 0 radical (unpaired) electrons. The molecular formula is C14H21BrN2O2S. The Morgan fingerprint density at radius 2 is 2.05 bits per heavy atom. The lowest BCUT2D eigenvalue weighted by Gasteiger charge is -2.30. The first-order chi connectivity index (χ1) is 9.48. The molecule has 1 aromatic rings. The van der Waals surface area contributed by atoms with Gasteiger partial charge in [0.2, 0.25) is 0 Å². The van der Waals surface area contributed by atoms with E-state index in [2.05, 4.69) is 41.3 Å². The third-order valence-electron chi connectivity index (χ3n) is 3.71. The number of benzene rings is 1. The van der Waals surface area contributed by atoms with Crippen molar-refractivity contribution in [2.24, 2.45) is 0 Å². The van der Waals surface area contributed by atoms with Gasteiger partial charge < -0.3 is 5.32 Å². The molecule has 1 rings (SSSR count). The van der Waals surface area contributed by atoms with E-state index in [9.17, 15) is 10.1 Å². The van der Waals surface area contributed by atoms with Crippen molar-refractivity contribution in [3.8, 4) is 0 Å². The molecule has 112 valence electrons. The van der Waals surface area contributed by atoms with Gasteiger partial charge in [-0.15, -0.1) is 0 Å². The number of thioether (sulfide) groups is 1. The van der Waals surface area contributed by atoms with Gasteiger partial charge in [0.05, 0.1) is 9.40 Å². The normalized spacial score (nSPS) is 11.6. The molecule has 0 fully saturated rings. The quantitative estimate of drug-likeness (QED) is 0.552. The molecule has 0 amide bonds. The highest BCUT2D eigenvalue weighted by atomic mass is 79.9. The summed E-state index contributed by atoms with van der Waals surface area (Å²) < 4.78 is 0.771. The Bertz CT molecular complexity index is 456. The second kappa shape index (κ2) is 8.00. The topological polar surface area (TPSA) is 55.2 Å². The standard InChI is InChI=1S/C14H21BrN2O2S/c1-4-14(5-2,20-3)10-16-9-11-6-7-12(15)13(8-11)17(18)19/h6-8,16H,4-5,9-10H2,1-3H3. The van der Waals surface area contributed by atoms with Crippen molar-refractivity contribution in [1.82, 2.24) is 5.32 Å². The van der Waals surface area contributed by atoms with E-state index in [0.717, 1.165) is 24.9 Å². The van der Waals surface area contributed by atoms with Crippen LogP contribution in [-0.4, -0.2) is 22.5 Å². The first-order valence-corrected chi connectivity index (χ1v) is 8.68. The molecule has 4 nitrogen and oxygen atoms in total. The summed E-state index contributed by atoms with van der Waals surface area (Å²) >= 11 is 5.08. The van der Waals surface area contributed by atoms with Crippen LogP contribution in [0.3, 0.4) is 0 Å². The molecule has 1 N–H and O–H groups in total. The Labute approximate surface area is 133 Å². The van der Waals surface area contributed by atoms with Gasteiger partial charge in [-0.25, -0.2) is 0 Å². The first-order valence-electron chi connectivity index (χ1n) is 6.66. The maximum Gasteiger partial charge on any atom is 0.283 e. The van der Waals surface area contributed by atoms with E-state index >= 15 is 0 Å². The summed E-state index contributed by atoms with van der Waals surface area (Å²) in [4.78, 5) is 10.5. The summed E-state index contributed by atoms with van der Waals surface area (Å²) in [6.45, 7) is 5.96. The molecule has 0 aliphatic heterocycles. The Kier molecular flexibility index (Phi) is 6.99. The molecular weight excluding hydrogens is 340 g/mol. The second-order valence-electron chi connectivity index (χ2n) is 4.74. The van der Waals surface area contributed by atoms with Crippen LogP contribution in [0.2, 0.25) is 0 Å². The highest BCUT2D eigenvalue weighted by Gasteiger charge is 2.24. The summed E-state index contributed by atoms with van der Waals surface area (Å²) in [5, 5.41) is 14.3. The lowest BCUT2D eigenvalue weighted by molar-refractivity contribution is -0.385. The van der Waals surface area contributed by atoms with Crippen molar-refractivity contribution >= 4 is 33.4 Å². The van der Waals surface area contributed by atoms with E-state index < -0.39 is 0 Å². The Balaban J connectivity index is 2.67. The van der Waals surface area contributed by atoms with Crippen LogP contribution in [0.1, 0.15) is 32.3 Å². The highest BCUT2D eigenvalue weighted by Crippen LogP contribution is 2.30. The predicted octanol–water partition coefficient (Wildman–Crippen LogP) is 4.37. The average molecular weight is 361 g/mol. The van der Waals surface area contributed by atoms with Crippen molar-refractivity contribution in [3.05, 3.63) is 38.3 Å². The fourth-order valence-electron chi connectivity index (χ4n) is 2.10. The summed E-state index contributed by atoms with van der Waals surface area (Å²) in [6, 6.07) is 5.26. The van der Waals surface area contributed by atoms with Crippen LogP contribution in [-0.2, 0) is 6.54 Å². The first kappa shape index (κ1) is 17.5. The van der Waals surface area contributed by atoms with E-state index in [4.69, 9.17) is 0 Å². The second-order valence-corrected chi connectivity index (χ2v) is 6.87. The van der Waals surface area contributed by atoms with Crippen LogP contribution in [0, 0.1) is 10.1 Å². The minimum atomic E-state index is -0.363.